The maximum absolute atomic E-state index is 11.9. The van der Waals surface area contributed by atoms with Crippen LogP contribution < -0.4 is 5.73 Å². The van der Waals surface area contributed by atoms with Crippen LogP contribution in [0.2, 0.25) is 0 Å². The van der Waals surface area contributed by atoms with Crippen LogP contribution in [0.3, 0.4) is 0 Å². The molecule has 0 radical (unpaired) electrons. The lowest BCUT2D eigenvalue weighted by Gasteiger charge is -2.42. The van der Waals surface area contributed by atoms with Gasteiger partial charge in [0.05, 0.1) is 5.54 Å². The third kappa shape index (κ3) is 1.78. The molecule has 15 heavy (non-hydrogen) atoms. The van der Waals surface area contributed by atoms with Crippen LogP contribution in [0.1, 0.15) is 52.4 Å². The Morgan fingerprint density at radius 2 is 1.87 bits per heavy atom. The molecule has 3 heteroatoms. The average molecular weight is 210 g/mol. The summed E-state index contributed by atoms with van der Waals surface area (Å²) >= 11 is 0. The van der Waals surface area contributed by atoms with E-state index in [-0.39, 0.29) is 17.5 Å². The van der Waals surface area contributed by atoms with Crippen LogP contribution in [-0.4, -0.2) is 28.4 Å². The van der Waals surface area contributed by atoms with Gasteiger partial charge in [-0.25, -0.2) is 0 Å². The molecule has 1 amide bonds. The van der Waals surface area contributed by atoms with E-state index < -0.39 is 0 Å². The minimum absolute atomic E-state index is 0.00641. The first kappa shape index (κ1) is 10.9. The molecule has 0 bridgehead atoms. The lowest BCUT2D eigenvalue weighted by Crippen LogP contribution is -2.54. The van der Waals surface area contributed by atoms with Crippen molar-refractivity contribution in [2.75, 3.05) is 0 Å². The van der Waals surface area contributed by atoms with Crippen LogP contribution >= 0.6 is 0 Å². The molecule has 0 aromatic carbocycles. The highest BCUT2D eigenvalue weighted by Gasteiger charge is 2.47. The average Bonchev–Trinajstić information content (AvgIpc) is 2.37. The second-order valence-corrected chi connectivity index (χ2v) is 5.52. The summed E-state index contributed by atoms with van der Waals surface area (Å²) < 4.78 is 0. The lowest BCUT2D eigenvalue weighted by molar-refractivity contribution is -0.134. The van der Waals surface area contributed by atoms with Crippen molar-refractivity contribution < 1.29 is 4.79 Å². The molecule has 2 aliphatic rings. The van der Waals surface area contributed by atoms with Gasteiger partial charge in [0, 0.05) is 18.5 Å². The standard InChI is InChI=1S/C12H22N2O/c1-12(2)10(13)8-11(15)14(12)9-6-4-3-5-7-9/h9-10H,3-8,13H2,1-2H3. The molecule has 2 N–H and O–H groups in total. The summed E-state index contributed by atoms with van der Waals surface area (Å²) in [6, 6.07) is 0.460. The predicted octanol–water partition coefficient (Wildman–Crippen LogP) is 1.66. The van der Waals surface area contributed by atoms with Gasteiger partial charge in [-0.05, 0) is 26.7 Å². The fourth-order valence-electron chi connectivity index (χ4n) is 3.05. The van der Waals surface area contributed by atoms with Crippen LogP contribution in [0.25, 0.3) is 0 Å². The van der Waals surface area contributed by atoms with Crippen LogP contribution in [0.5, 0.6) is 0 Å². The summed E-state index contributed by atoms with van der Waals surface area (Å²) in [5.41, 5.74) is 5.90. The van der Waals surface area contributed by atoms with Gasteiger partial charge in [-0.1, -0.05) is 19.3 Å². The summed E-state index contributed by atoms with van der Waals surface area (Å²) in [6.45, 7) is 4.22. The molecule has 1 unspecified atom stereocenters. The third-order valence-electron chi connectivity index (χ3n) is 4.13. The van der Waals surface area contributed by atoms with E-state index in [9.17, 15) is 4.79 Å². The van der Waals surface area contributed by atoms with Crippen LogP contribution in [0, 0.1) is 0 Å². The molecule has 1 atom stereocenters. The zero-order valence-corrected chi connectivity index (χ0v) is 9.83. The second kappa shape index (κ2) is 3.78. The monoisotopic (exact) mass is 210 g/mol. The fraction of sp³-hybridized carbons (Fsp3) is 0.917. The Balaban J connectivity index is 2.15. The summed E-state index contributed by atoms with van der Waals surface area (Å²) in [5, 5.41) is 0. The Morgan fingerprint density at radius 1 is 1.27 bits per heavy atom. The number of rotatable bonds is 1. The van der Waals surface area contributed by atoms with Crippen molar-refractivity contribution in [1.29, 1.82) is 0 Å². The Hall–Kier alpha value is -0.570. The third-order valence-corrected chi connectivity index (χ3v) is 4.13. The molecular formula is C12H22N2O. The van der Waals surface area contributed by atoms with E-state index in [0.29, 0.717) is 12.5 Å². The molecular weight excluding hydrogens is 188 g/mol. The van der Waals surface area contributed by atoms with Gasteiger partial charge >= 0.3 is 0 Å². The number of amides is 1. The van der Waals surface area contributed by atoms with Crippen LogP contribution in [0.4, 0.5) is 0 Å². The van der Waals surface area contributed by atoms with Crippen molar-refractivity contribution in [1.82, 2.24) is 4.90 Å². The summed E-state index contributed by atoms with van der Waals surface area (Å²) in [4.78, 5) is 14.0. The molecule has 86 valence electrons. The van der Waals surface area contributed by atoms with Gasteiger partial charge in [-0.2, -0.15) is 0 Å². The SMILES string of the molecule is CC1(C)C(N)CC(=O)N1C1CCCCC1. The van der Waals surface area contributed by atoms with Gasteiger partial charge in [-0.15, -0.1) is 0 Å². The lowest BCUT2D eigenvalue weighted by atomic mass is 9.90. The molecule has 2 rings (SSSR count). The van der Waals surface area contributed by atoms with Crippen molar-refractivity contribution in [2.24, 2.45) is 5.73 Å². The first-order valence-electron chi connectivity index (χ1n) is 6.11. The number of nitrogens with zero attached hydrogens (tertiary/aromatic N) is 1. The van der Waals surface area contributed by atoms with Gasteiger partial charge < -0.3 is 10.6 Å². The van der Waals surface area contributed by atoms with Crippen molar-refractivity contribution in [3.05, 3.63) is 0 Å². The molecule has 1 aliphatic carbocycles. The van der Waals surface area contributed by atoms with E-state index in [1.54, 1.807) is 0 Å². The highest BCUT2D eigenvalue weighted by atomic mass is 16.2. The normalized spacial score (nSPS) is 32.3. The minimum atomic E-state index is -0.140. The first-order chi connectivity index (χ1) is 7.03. The van der Waals surface area contributed by atoms with Crippen molar-refractivity contribution in [2.45, 2.75) is 70.0 Å². The van der Waals surface area contributed by atoms with E-state index in [2.05, 4.69) is 18.7 Å². The first-order valence-corrected chi connectivity index (χ1v) is 6.11. The quantitative estimate of drug-likeness (QED) is 0.715. The summed E-state index contributed by atoms with van der Waals surface area (Å²) in [5.74, 6) is 0.263. The Bertz CT molecular complexity index is 256. The van der Waals surface area contributed by atoms with E-state index in [0.717, 1.165) is 0 Å². The van der Waals surface area contributed by atoms with Crippen molar-refractivity contribution in [3.8, 4) is 0 Å². The molecule has 1 aliphatic heterocycles. The second-order valence-electron chi connectivity index (χ2n) is 5.52. The van der Waals surface area contributed by atoms with E-state index in [1.165, 1.54) is 32.1 Å². The molecule has 2 fully saturated rings. The van der Waals surface area contributed by atoms with Gasteiger partial charge in [0.1, 0.15) is 0 Å². The van der Waals surface area contributed by atoms with Crippen molar-refractivity contribution in [3.63, 3.8) is 0 Å². The van der Waals surface area contributed by atoms with E-state index in [4.69, 9.17) is 5.73 Å². The van der Waals surface area contributed by atoms with Gasteiger partial charge in [0.2, 0.25) is 5.91 Å². The van der Waals surface area contributed by atoms with Gasteiger partial charge in [0.15, 0.2) is 0 Å². The van der Waals surface area contributed by atoms with Gasteiger partial charge in [-0.3, -0.25) is 4.79 Å². The zero-order valence-electron chi connectivity index (χ0n) is 9.83. The van der Waals surface area contributed by atoms with Crippen molar-refractivity contribution >= 4 is 5.91 Å². The van der Waals surface area contributed by atoms with E-state index in [1.807, 2.05) is 0 Å². The highest BCUT2D eigenvalue weighted by molar-refractivity contribution is 5.81. The highest BCUT2D eigenvalue weighted by Crippen LogP contribution is 2.35. The molecule has 0 aromatic rings. The Morgan fingerprint density at radius 3 is 2.33 bits per heavy atom. The number of likely N-dealkylation sites (tertiary alicyclic amines) is 1. The van der Waals surface area contributed by atoms with Gasteiger partial charge in [0.25, 0.3) is 0 Å². The van der Waals surface area contributed by atoms with Crippen LogP contribution in [-0.2, 0) is 4.79 Å². The molecule has 1 saturated carbocycles. The predicted molar refractivity (Wildman–Crippen MR) is 60.4 cm³/mol. The molecule has 3 nitrogen and oxygen atoms in total. The molecule has 0 aromatic heterocycles. The number of hydrogen-bond donors (Lipinski definition) is 1. The maximum atomic E-state index is 11.9. The maximum Gasteiger partial charge on any atom is 0.224 e. The number of carbonyl (C=O) groups excluding carboxylic acids is 1. The largest absolute Gasteiger partial charge is 0.333 e. The molecule has 1 heterocycles. The van der Waals surface area contributed by atoms with Crippen LogP contribution in [0.15, 0.2) is 0 Å². The number of carbonyl (C=O) groups is 1. The molecule has 1 saturated heterocycles. The zero-order chi connectivity index (χ0) is 11.1. The summed E-state index contributed by atoms with van der Waals surface area (Å²) in [7, 11) is 0. The Kier molecular flexibility index (Phi) is 2.75. The summed E-state index contributed by atoms with van der Waals surface area (Å²) in [6.07, 6.45) is 6.72. The van der Waals surface area contributed by atoms with E-state index >= 15 is 0 Å². The number of nitrogens with two attached hydrogens (primary N) is 1. The minimum Gasteiger partial charge on any atom is -0.333 e. The Labute approximate surface area is 92.0 Å². The smallest absolute Gasteiger partial charge is 0.224 e. The molecule has 0 spiro atoms. The fourth-order valence-corrected chi connectivity index (χ4v) is 3.05. The topological polar surface area (TPSA) is 46.3 Å². The number of hydrogen-bond acceptors (Lipinski definition) is 2.